The van der Waals surface area contributed by atoms with E-state index in [1.165, 1.54) is 21.5 Å². The van der Waals surface area contributed by atoms with Crippen LogP contribution in [0.3, 0.4) is 0 Å². The number of Topliss-reactive ketones (excluding diaryl/α,β-unsaturated/α-hetero) is 1. The molecule has 1 aliphatic rings. The fourth-order valence-electron chi connectivity index (χ4n) is 6.35. The van der Waals surface area contributed by atoms with Gasteiger partial charge in [-0.15, -0.1) is 0 Å². The van der Waals surface area contributed by atoms with Gasteiger partial charge in [0.05, 0.1) is 24.0 Å². The SMILES string of the molecule is O=C(CC1c2c(-c3ccc4ccccc4c3)n[nH]c2CN1c1ccc2ccccc2c1)c1ccc2ccccc2c1. The number of fused-ring (bicyclic) bond motifs is 4. The summed E-state index contributed by atoms with van der Waals surface area (Å²) in [6, 6.07) is 43.9. The first kappa shape index (κ1) is 23.6. The van der Waals surface area contributed by atoms with Gasteiger partial charge in [0.1, 0.15) is 0 Å². The van der Waals surface area contributed by atoms with E-state index in [0.29, 0.717) is 13.0 Å². The van der Waals surface area contributed by atoms with E-state index in [4.69, 9.17) is 5.10 Å². The largest absolute Gasteiger partial charge is 0.358 e. The van der Waals surface area contributed by atoms with E-state index in [1.807, 2.05) is 30.3 Å². The van der Waals surface area contributed by atoms with Gasteiger partial charge in [-0.25, -0.2) is 0 Å². The summed E-state index contributed by atoms with van der Waals surface area (Å²) in [7, 11) is 0. The zero-order valence-corrected chi connectivity index (χ0v) is 22.4. The Morgan fingerprint density at radius 1 is 0.683 bits per heavy atom. The molecule has 0 saturated heterocycles. The van der Waals surface area contributed by atoms with Crippen LogP contribution in [0.2, 0.25) is 0 Å². The van der Waals surface area contributed by atoms with Crippen molar-refractivity contribution in [3.63, 3.8) is 0 Å². The highest BCUT2D eigenvalue weighted by molar-refractivity contribution is 6.01. The summed E-state index contributed by atoms with van der Waals surface area (Å²) in [5.74, 6) is 0.130. The van der Waals surface area contributed by atoms with Crippen molar-refractivity contribution in [2.75, 3.05) is 4.90 Å². The Morgan fingerprint density at radius 3 is 1.98 bits per heavy atom. The first-order valence-electron chi connectivity index (χ1n) is 14.0. The average molecular weight is 530 g/mol. The monoisotopic (exact) mass is 529 g/mol. The van der Waals surface area contributed by atoms with Gasteiger partial charge in [0.25, 0.3) is 0 Å². The van der Waals surface area contributed by atoms with Crippen molar-refractivity contribution in [1.29, 1.82) is 0 Å². The molecule has 0 amide bonds. The summed E-state index contributed by atoms with van der Waals surface area (Å²) in [5, 5.41) is 15.1. The number of nitrogens with one attached hydrogen (secondary N) is 1. The van der Waals surface area contributed by atoms with Crippen molar-refractivity contribution in [2.24, 2.45) is 0 Å². The van der Waals surface area contributed by atoms with Crippen molar-refractivity contribution >= 4 is 43.8 Å². The van der Waals surface area contributed by atoms with Crippen LogP contribution in [0.5, 0.6) is 0 Å². The molecule has 1 N–H and O–H groups in total. The predicted molar refractivity (Wildman–Crippen MR) is 167 cm³/mol. The van der Waals surface area contributed by atoms with Crippen LogP contribution in [-0.2, 0) is 6.54 Å². The molecule has 1 aliphatic heterocycles. The van der Waals surface area contributed by atoms with Crippen LogP contribution in [0.15, 0.2) is 127 Å². The second kappa shape index (κ2) is 9.46. The number of ketones is 1. The minimum Gasteiger partial charge on any atom is -0.358 e. The molecule has 0 fully saturated rings. The predicted octanol–water partition coefficient (Wildman–Crippen LogP) is 8.87. The molecule has 0 radical (unpaired) electrons. The van der Waals surface area contributed by atoms with Crippen LogP contribution in [0.25, 0.3) is 43.6 Å². The number of nitrogens with zero attached hydrogens (tertiary/aromatic N) is 2. The van der Waals surface area contributed by atoms with Crippen LogP contribution >= 0.6 is 0 Å². The molecule has 196 valence electrons. The number of aromatic amines is 1. The van der Waals surface area contributed by atoms with Gasteiger partial charge in [0.2, 0.25) is 0 Å². The van der Waals surface area contributed by atoms with Gasteiger partial charge in [-0.1, -0.05) is 103 Å². The molecule has 0 bridgehead atoms. The molecule has 1 atom stereocenters. The molecule has 1 aromatic heterocycles. The third kappa shape index (κ3) is 4.07. The van der Waals surface area contributed by atoms with Gasteiger partial charge in [-0.2, -0.15) is 5.10 Å². The van der Waals surface area contributed by atoms with E-state index < -0.39 is 0 Å². The third-order valence-corrected chi connectivity index (χ3v) is 8.46. The van der Waals surface area contributed by atoms with Crippen molar-refractivity contribution in [1.82, 2.24) is 10.2 Å². The maximum atomic E-state index is 13.9. The Bertz CT molecular complexity index is 2110. The van der Waals surface area contributed by atoms with Gasteiger partial charge < -0.3 is 4.90 Å². The van der Waals surface area contributed by atoms with Crippen LogP contribution in [0, 0.1) is 0 Å². The second-order valence-corrected chi connectivity index (χ2v) is 10.9. The Kier molecular flexibility index (Phi) is 5.46. The Morgan fingerprint density at radius 2 is 1.27 bits per heavy atom. The van der Waals surface area contributed by atoms with Crippen LogP contribution in [0.4, 0.5) is 5.69 Å². The Labute approximate surface area is 237 Å². The van der Waals surface area contributed by atoms with Gasteiger partial charge in [0.15, 0.2) is 5.78 Å². The number of benzene rings is 6. The second-order valence-electron chi connectivity index (χ2n) is 10.9. The fourth-order valence-corrected chi connectivity index (χ4v) is 6.35. The summed E-state index contributed by atoms with van der Waals surface area (Å²) < 4.78 is 0. The molecular formula is C37H27N3O. The Hall–Kier alpha value is -5.22. The van der Waals surface area contributed by atoms with Crippen molar-refractivity contribution < 1.29 is 4.79 Å². The number of hydrogen-bond acceptors (Lipinski definition) is 3. The minimum absolute atomic E-state index is 0.130. The lowest BCUT2D eigenvalue weighted by Gasteiger charge is -2.28. The molecule has 0 aliphatic carbocycles. The van der Waals surface area contributed by atoms with E-state index in [1.54, 1.807) is 0 Å². The van der Waals surface area contributed by atoms with E-state index in [2.05, 4.69) is 107 Å². The highest BCUT2D eigenvalue weighted by Crippen LogP contribution is 2.44. The third-order valence-electron chi connectivity index (χ3n) is 8.46. The molecule has 6 aromatic carbocycles. The normalized spacial score (nSPS) is 14.6. The zero-order valence-electron chi connectivity index (χ0n) is 22.4. The summed E-state index contributed by atoms with van der Waals surface area (Å²) in [6.07, 6.45) is 0.359. The lowest BCUT2D eigenvalue weighted by atomic mass is 9.94. The minimum atomic E-state index is -0.148. The molecule has 1 unspecified atom stereocenters. The van der Waals surface area contributed by atoms with Crippen molar-refractivity contribution in [2.45, 2.75) is 19.0 Å². The van der Waals surface area contributed by atoms with E-state index >= 15 is 0 Å². The molecule has 41 heavy (non-hydrogen) atoms. The molecule has 2 heterocycles. The van der Waals surface area contributed by atoms with Crippen molar-refractivity contribution in [3.05, 3.63) is 144 Å². The van der Waals surface area contributed by atoms with E-state index in [9.17, 15) is 4.79 Å². The number of anilines is 1. The van der Waals surface area contributed by atoms with Gasteiger partial charge in [-0.3, -0.25) is 9.89 Å². The molecule has 4 nitrogen and oxygen atoms in total. The fraction of sp³-hybridized carbons (Fsp3) is 0.0811. The standard InChI is InChI=1S/C37H27N3O/c41-35(30-15-13-24-7-1-4-10-27(24)19-30)22-34-36-33(23-40(34)32-18-17-26-9-3-6-12-29(26)21-32)38-39-37(36)31-16-14-25-8-2-5-11-28(25)20-31/h1-21,34H,22-23H2,(H,38,39). The van der Waals surface area contributed by atoms with Gasteiger partial charge >= 0.3 is 0 Å². The molecule has 0 spiro atoms. The Balaban J connectivity index is 1.23. The first-order valence-corrected chi connectivity index (χ1v) is 14.0. The summed E-state index contributed by atoms with van der Waals surface area (Å²) in [6.45, 7) is 0.671. The number of aromatic nitrogens is 2. The molecule has 8 rings (SSSR count). The lowest BCUT2D eigenvalue weighted by Crippen LogP contribution is -2.24. The zero-order chi connectivity index (χ0) is 27.3. The van der Waals surface area contributed by atoms with E-state index in [-0.39, 0.29) is 11.8 Å². The molecule has 4 heteroatoms. The number of carbonyl (C=O) groups excluding carboxylic acids is 1. The maximum Gasteiger partial charge on any atom is 0.165 e. The highest BCUT2D eigenvalue weighted by atomic mass is 16.1. The summed E-state index contributed by atoms with van der Waals surface area (Å²) >= 11 is 0. The number of rotatable bonds is 5. The highest BCUT2D eigenvalue weighted by Gasteiger charge is 2.37. The van der Waals surface area contributed by atoms with Crippen molar-refractivity contribution in [3.8, 4) is 11.3 Å². The number of carbonyl (C=O) groups is 1. The lowest BCUT2D eigenvalue weighted by molar-refractivity contribution is 0.0974. The van der Waals surface area contributed by atoms with Crippen LogP contribution in [-0.4, -0.2) is 16.0 Å². The van der Waals surface area contributed by atoms with Crippen LogP contribution in [0.1, 0.15) is 34.1 Å². The van der Waals surface area contributed by atoms with Crippen LogP contribution < -0.4 is 4.90 Å². The number of hydrogen-bond donors (Lipinski definition) is 1. The number of H-pyrrole nitrogens is 1. The summed E-state index contributed by atoms with van der Waals surface area (Å²) in [4.78, 5) is 16.3. The summed E-state index contributed by atoms with van der Waals surface area (Å²) in [5.41, 5.74) is 6.01. The molecule has 7 aromatic rings. The average Bonchev–Trinajstić information content (AvgIpc) is 3.60. The molecular weight excluding hydrogens is 502 g/mol. The quantitative estimate of drug-likeness (QED) is 0.227. The maximum absolute atomic E-state index is 13.9. The molecule has 0 saturated carbocycles. The van der Waals surface area contributed by atoms with Gasteiger partial charge in [0, 0.05) is 28.8 Å². The topological polar surface area (TPSA) is 49.0 Å². The smallest absolute Gasteiger partial charge is 0.165 e. The first-order chi connectivity index (χ1) is 20.2. The van der Waals surface area contributed by atoms with E-state index in [0.717, 1.165) is 44.5 Å². The van der Waals surface area contributed by atoms with Gasteiger partial charge in [-0.05, 0) is 56.6 Å².